The molecule has 2 aliphatic rings. The monoisotopic (exact) mass is 288 g/mol. The Kier molecular flexibility index (Phi) is 4.82. The fourth-order valence-corrected chi connectivity index (χ4v) is 4.03. The molecule has 0 saturated carbocycles. The van der Waals surface area contributed by atoms with E-state index in [9.17, 15) is 5.11 Å². The highest BCUT2D eigenvalue weighted by atomic mass is 16.3. The highest BCUT2D eigenvalue weighted by Gasteiger charge is 2.49. The third kappa shape index (κ3) is 3.34. The normalized spacial score (nSPS) is 39.0. The van der Waals surface area contributed by atoms with Crippen molar-refractivity contribution in [1.29, 1.82) is 0 Å². The van der Waals surface area contributed by atoms with Crippen molar-refractivity contribution >= 4 is 0 Å². The van der Waals surface area contributed by atoms with Gasteiger partial charge in [-0.15, -0.1) is 0 Å². The fourth-order valence-electron chi connectivity index (χ4n) is 4.03. The van der Waals surface area contributed by atoms with Crippen molar-refractivity contribution in [3.8, 4) is 0 Å². The number of hydrogen-bond donors (Lipinski definition) is 1. The molecule has 0 saturated heterocycles. The zero-order valence-corrected chi connectivity index (χ0v) is 14.5. The maximum absolute atomic E-state index is 11.3. The van der Waals surface area contributed by atoms with Gasteiger partial charge in [0.25, 0.3) is 0 Å². The minimum absolute atomic E-state index is 0.0674. The molecule has 0 aliphatic heterocycles. The molecule has 21 heavy (non-hydrogen) atoms. The van der Waals surface area contributed by atoms with Crippen LogP contribution in [0, 0.1) is 11.3 Å². The summed E-state index contributed by atoms with van der Waals surface area (Å²) in [6, 6.07) is 0. The first-order valence-corrected chi connectivity index (χ1v) is 8.46. The summed E-state index contributed by atoms with van der Waals surface area (Å²) in [7, 11) is 0. The van der Waals surface area contributed by atoms with Crippen LogP contribution >= 0.6 is 0 Å². The smallest absolute Gasteiger partial charge is 0.0772 e. The largest absolute Gasteiger partial charge is 0.389 e. The van der Waals surface area contributed by atoms with Crippen LogP contribution in [0.15, 0.2) is 34.9 Å². The summed E-state index contributed by atoms with van der Waals surface area (Å²) in [6.45, 7) is 11.2. The number of aliphatic hydroxyl groups is 1. The van der Waals surface area contributed by atoms with Gasteiger partial charge in [0.15, 0.2) is 0 Å². The predicted octanol–water partition coefficient (Wildman–Crippen LogP) is 5.57. The summed E-state index contributed by atoms with van der Waals surface area (Å²) in [6.07, 6.45) is 13.1. The molecule has 2 bridgehead atoms. The van der Waals surface area contributed by atoms with E-state index in [-0.39, 0.29) is 5.41 Å². The first-order valence-electron chi connectivity index (χ1n) is 8.46. The van der Waals surface area contributed by atoms with Gasteiger partial charge in [-0.2, -0.15) is 0 Å². The van der Waals surface area contributed by atoms with Crippen molar-refractivity contribution in [2.75, 3.05) is 0 Å². The average Bonchev–Trinajstić information content (AvgIpc) is 2.40. The summed E-state index contributed by atoms with van der Waals surface area (Å²) in [5, 5.41) is 11.3. The van der Waals surface area contributed by atoms with Gasteiger partial charge in [-0.1, -0.05) is 48.8 Å². The second kappa shape index (κ2) is 6.12. The average molecular weight is 288 g/mol. The van der Waals surface area contributed by atoms with Crippen LogP contribution in [0.5, 0.6) is 0 Å². The third-order valence-electron chi connectivity index (χ3n) is 6.03. The molecule has 2 aliphatic carbocycles. The summed E-state index contributed by atoms with van der Waals surface area (Å²) in [5.74, 6) is 0.479. The topological polar surface area (TPSA) is 20.2 Å². The number of allylic oxidation sites excluding steroid dienone is 4. The van der Waals surface area contributed by atoms with Gasteiger partial charge in [-0.05, 0) is 65.2 Å². The van der Waals surface area contributed by atoms with Crippen LogP contribution in [0.3, 0.4) is 0 Å². The van der Waals surface area contributed by atoms with Crippen molar-refractivity contribution in [3.63, 3.8) is 0 Å². The van der Waals surface area contributed by atoms with Gasteiger partial charge >= 0.3 is 0 Å². The van der Waals surface area contributed by atoms with E-state index >= 15 is 0 Å². The Balaban J connectivity index is 2.39. The van der Waals surface area contributed by atoms with Crippen LogP contribution < -0.4 is 0 Å². The number of rotatable bonds is 0. The highest BCUT2D eigenvalue weighted by Crippen LogP contribution is 2.51. The van der Waals surface area contributed by atoms with Crippen molar-refractivity contribution in [1.82, 2.24) is 0 Å². The van der Waals surface area contributed by atoms with E-state index in [0.29, 0.717) is 5.92 Å². The number of hydrogen-bond acceptors (Lipinski definition) is 1. The minimum Gasteiger partial charge on any atom is -0.389 e. The van der Waals surface area contributed by atoms with Gasteiger partial charge in [-0.25, -0.2) is 0 Å². The molecule has 0 unspecified atom stereocenters. The van der Waals surface area contributed by atoms with E-state index in [2.05, 4.69) is 52.8 Å². The maximum Gasteiger partial charge on any atom is 0.0772 e. The van der Waals surface area contributed by atoms with Crippen molar-refractivity contribution in [3.05, 3.63) is 34.9 Å². The SMILES string of the molecule is CC1=CC[C@@]2(O)C/C=C(\C)CC/C=C(/C)CC[C@H]1C2(C)C. The number of fused-ring (bicyclic) bond motifs is 2. The summed E-state index contributed by atoms with van der Waals surface area (Å²) in [5.41, 5.74) is 3.71. The molecular weight excluding hydrogens is 256 g/mol. The van der Waals surface area contributed by atoms with Gasteiger partial charge in [0.05, 0.1) is 5.60 Å². The van der Waals surface area contributed by atoms with Gasteiger partial charge in [0.2, 0.25) is 0 Å². The van der Waals surface area contributed by atoms with Crippen molar-refractivity contribution in [2.45, 2.75) is 78.7 Å². The zero-order chi connectivity index (χ0) is 15.7. The molecule has 0 aromatic heterocycles. The lowest BCUT2D eigenvalue weighted by Gasteiger charge is -2.51. The second-order valence-corrected chi connectivity index (χ2v) is 7.84. The summed E-state index contributed by atoms with van der Waals surface area (Å²) in [4.78, 5) is 0. The molecule has 1 N–H and O–H groups in total. The van der Waals surface area contributed by atoms with Gasteiger partial charge in [0.1, 0.15) is 0 Å². The standard InChI is InChI=1S/C20H32O/c1-15-7-6-8-16(2)11-13-20(21)14-12-17(3)18(10-9-15)19(20,4)5/h7,11-12,18,21H,6,8-10,13-14H2,1-5H3/b15-7-,16-11+/t18-,20+/m1/s1. The van der Waals surface area contributed by atoms with E-state index in [1.165, 1.54) is 16.7 Å². The van der Waals surface area contributed by atoms with Crippen molar-refractivity contribution < 1.29 is 5.11 Å². The first kappa shape index (κ1) is 16.5. The van der Waals surface area contributed by atoms with Crippen molar-refractivity contribution in [2.24, 2.45) is 11.3 Å². The van der Waals surface area contributed by atoms with Gasteiger partial charge in [0, 0.05) is 5.41 Å². The van der Waals surface area contributed by atoms with Gasteiger partial charge in [-0.3, -0.25) is 0 Å². The highest BCUT2D eigenvalue weighted by molar-refractivity contribution is 5.22. The lowest BCUT2D eigenvalue weighted by molar-refractivity contribution is -0.0942. The van der Waals surface area contributed by atoms with Gasteiger partial charge < -0.3 is 5.11 Å². The molecule has 1 nitrogen and oxygen atoms in total. The molecule has 0 heterocycles. The Hall–Kier alpha value is -0.820. The molecule has 0 radical (unpaired) electrons. The Labute approximate surface area is 130 Å². The van der Waals surface area contributed by atoms with Crippen LogP contribution in [-0.4, -0.2) is 10.7 Å². The zero-order valence-electron chi connectivity index (χ0n) is 14.5. The Bertz CT molecular complexity index is 478. The minimum atomic E-state index is -0.602. The molecule has 0 aromatic rings. The Morgan fingerprint density at radius 1 is 0.952 bits per heavy atom. The second-order valence-electron chi connectivity index (χ2n) is 7.84. The molecule has 0 fully saturated rings. The van der Waals surface area contributed by atoms with Crippen LogP contribution in [0.2, 0.25) is 0 Å². The summed E-state index contributed by atoms with van der Waals surface area (Å²) < 4.78 is 0. The van der Waals surface area contributed by atoms with Crippen LogP contribution in [0.1, 0.15) is 73.1 Å². The predicted molar refractivity (Wildman–Crippen MR) is 91.2 cm³/mol. The summed E-state index contributed by atoms with van der Waals surface area (Å²) >= 11 is 0. The van der Waals surface area contributed by atoms with E-state index in [0.717, 1.165) is 38.5 Å². The van der Waals surface area contributed by atoms with E-state index < -0.39 is 5.60 Å². The molecule has 0 spiro atoms. The van der Waals surface area contributed by atoms with Crippen LogP contribution in [-0.2, 0) is 0 Å². The third-order valence-corrected chi connectivity index (χ3v) is 6.03. The quantitative estimate of drug-likeness (QED) is 0.578. The molecule has 118 valence electrons. The Morgan fingerprint density at radius 2 is 1.57 bits per heavy atom. The Morgan fingerprint density at radius 3 is 2.29 bits per heavy atom. The maximum atomic E-state index is 11.3. The van der Waals surface area contributed by atoms with Crippen LogP contribution in [0.25, 0.3) is 0 Å². The van der Waals surface area contributed by atoms with E-state index in [4.69, 9.17) is 0 Å². The molecule has 2 rings (SSSR count). The fraction of sp³-hybridized carbons (Fsp3) is 0.700. The molecule has 0 aromatic carbocycles. The molecule has 1 heteroatoms. The first-order chi connectivity index (χ1) is 9.76. The molecular formula is C20H32O. The molecule has 2 atom stereocenters. The van der Waals surface area contributed by atoms with E-state index in [1.54, 1.807) is 0 Å². The lowest BCUT2D eigenvalue weighted by atomic mass is 9.57. The van der Waals surface area contributed by atoms with Crippen LogP contribution in [0.4, 0.5) is 0 Å². The lowest BCUT2D eigenvalue weighted by Crippen LogP contribution is -2.51. The van der Waals surface area contributed by atoms with E-state index in [1.807, 2.05) is 0 Å². The molecule has 0 amide bonds.